The zero-order valence-corrected chi connectivity index (χ0v) is 20.8. The van der Waals surface area contributed by atoms with Gasteiger partial charge in [0.1, 0.15) is 18.3 Å². The number of β-amino-alcohol motifs (C(OH)–C–C–N with tert-alkyl or cyclic N) is 1. The van der Waals surface area contributed by atoms with Gasteiger partial charge in [-0.25, -0.2) is 0 Å². The Hall–Kier alpha value is -3.98. The van der Waals surface area contributed by atoms with E-state index in [2.05, 4.69) is 10.5 Å². The molecule has 5 rings (SSSR count). The molecule has 2 aromatic carbocycles. The van der Waals surface area contributed by atoms with Crippen molar-refractivity contribution in [2.45, 2.75) is 51.5 Å². The maximum absolute atomic E-state index is 13.8. The normalized spacial score (nSPS) is 19.8. The molecular formula is C28H30N4O5. The summed E-state index contributed by atoms with van der Waals surface area (Å²) in [5, 5.41) is 17.0. The highest BCUT2D eigenvalue weighted by Gasteiger charge is 2.45. The zero-order chi connectivity index (χ0) is 26.1. The summed E-state index contributed by atoms with van der Waals surface area (Å²) in [5.74, 6) is -0.994. The number of rotatable bonds is 7. The Morgan fingerprint density at radius 2 is 1.89 bits per heavy atom. The monoisotopic (exact) mass is 502 g/mol. The molecule has 0 spiro atoms. The lowest BCUT2D eigenvalue weighted by Gasteiger charge is -2.35. The number of aliphatic hydroxyl groups excluding tert-OH is 1. The largest absolute Gasteiger partial charge is 0.391 e. The molecule has 37 heavy (non-hydrogen) atoms. The fraction of sp³-hybridized carbons (Fsp3) is 0.357. The molecule has 3 heterocycles. The first-order chi connectivity index (χ1) is 17.8. The van der Waals surface area contributed by atoms with E-state index >= 15 is 0 Å². The van der Waals surface area contributed by atoms with Gasteiger partial charge in [0.05, 0.1) is 12.3 Å². The Labute approximate surface area is 215 Å². The van der Waals surface area contributed by atoms with Gasteiger partial charge in [-0.15, -0.1) is 0 Å². The number of fused-ring (bicyclic) bond motifs is 1. The van der Waals surface area contributed by atoms with Gasteiger partial charge in [0.15, 0.2) is 0 Å². The second-order valence-corrected chi connectivity index (χ2v) is 10.0. The minimum absolute atomic E-state index is 0.0581. The third-order valence-electron chi connectivity index (χ3n) is 7.12. The first-order valence-electron chi connectivity index (χ1n) is 12.5. The highest BCUT2D eigenvalue weighted by Crippen LogP contribution is 2.30. The Morgan fingerprint density at radius 3 is 2.57 bits per heavy atom. The minimum Gasteiger partial charge on any atom is -0.391 e. The van der Waals surface area contributed by atoms with E-state index < -0.39 is 18.2 Å². The molecule has 2 N–H and O–H groups in total. The van der Waals surface area contributed by atoms with Gasteiger partial charge in [-0.1, -0.05) is 61.5 Å². The average molecular weight is 503 g/mol. The number of aromatic nitrogens is 1. The van der Waals surface area contributed by atoms with Crippen LogP contribution in [0.2, 0.25) is 0 Å². The number of likely N-dealkylation sites (tertiary alicyclic amines) is 1. The van der Waals surface area contributed by atoms with Crippen LogP contribution < -0.4 is 5.32 Å². The van der Waals surface area contributed by atoms with Crippen molar-refractivity contribution in [1.82, 2.24) is 20.3 Å². The molecule has 2 aliphatic rings. The number of nitrogens with one attached hydrogen (secondary N) is 1. The molecule has 0 unspecified atom stereocenters. The van der Waals surface area contributed by atoms with Gasteiger partial charge < -0.3 is 24.7 Å². The van der Waals surface area contributed by atoms with Crippen LogP contribution in [0.25, 0.3) is 11.1 Å². The summed E-state index contributed by atoms with van der Waals surface area (Å²) in [6.45, 7) is 4.47. The van der Waals surface area contributed by atoms with Crippen LogP contribution in [0, 0.1) is 5.92 Å². The van der Waals surface area contributed by atoms with Crippen molar-refractivity contribution >= 4 is 17.7 Å². The van der Waals surface area contributed by atoms with Gasteiger partial charge in [0.2, 0.25) is 11.8 Å². The summed E-state index contributed by atoms with van der Waals surface area (Å²) >= 11 is 0. The molecule has 0 bridgehead atoms. The molecule has 9 heteroatoms. The minimum atomic E-state index is -0.805. The standard InChI is InChI=1S/C28H30N4O5/c1-17(2)25(32-14-20-5-3-4-6-23(20)27(32)35)28(36)31-15-22(33)11-24(31)26(34)29-12-18-7-9-19(10-8-18)21-13-30-37-16-21/h3-10,13,16-17,22,24-25,33H,11-12,14-15H2,1-2H3,(H,29,34)/t22-,24+,25+/m1/s1. The molecule has 3 amide bonds. The molecule has 1 saturated heterocycles. The molecule has 0 saturated carbocycles. The summed E-state index contributed by atoms with van der Waals surface area (Å²) in [5.41, 5.74) is 4.20. The molecule has 9 nitrogen and oxygen atoms in total. The smallest absolute Gasteiger partial charge is 0.255 e. The summed E-state index contributed by atoms with van der Waals surface area (Å²) in [6.07, 6.45) is 2.55. The lowest BCUT2D eigenvalue weighted by molar-refractivity contribution is -0.143. The topological polar surface area (TPSA) is 116 Å². The number of amides is 3. The second kappa shape index (κ2) is 10.2. The van der Waals surface area contributed by atoms with Crippen LogP contribution in [-0.4, -0.2) is 62.5 Å². The number of carbonyl (C=O) groups is 3. The summed E-state index contributed by atoms with van der Waals surface area (Å²) in [7, 11) is 0. The molecule has 0 radical (unpaired) electrons. The quantitative estimate of drug-likeness (QED) is 0.513. The van der Waals surface area contributed by atoms with Crippen molar-refractivity contribution in [3.8, 4) is 11.1 Å². The van der Waals surface area contributed by atoms with E-state index in [1.54, 1.807) is 23.4 Å². The van der Waals surface area contributed by atoms with E-state index in [0.29, 0.717) is 12.1 Å². The second-order valence-electron chi connectivity index (χ2n) is 10.0. The first-order valence-corrected chi connectivity index (χ1v) is 12.5. The van der Waals surface area contributed by atoms with Crippen LogP contribution in [0.4, 0.5) is 0 Å². The molecule has 2 aliphatic heterocycles. The molecule has 0 aliphatic carbocycles. The van der Waals surface area contributed by atoms with Crippen molar-refractivity contribution in [2.75, 3.05) is 6.54 Å². The van der Waals surface area contributed by atoms with Gasteiger partial charge >= 0.3 is 0 Å². The molecular weight excluding hydrogens is 472 g/mol. The zero-order valence-electron chi connectivity index (χ0n) is 20.8. The van der Waals surface area contributed by atoms with Gasteiger partial charge in [0.25, 0.3) is 5.91 Å². The van der Waals surface area contributed by atoms with Crippen molar-refractivity contribution < 1.29 is 24.0 Å². The first kappa shape index (κ1) is 24.7. The lowest BCUT2D eigenvalue weighted by atomic mass is 10.0. The van der Waals surface area contributed by atoms with E-state index in [1.807, 2.05) is 56.3 Å². The van der Waals surface area contributed by atoms with E-state index in [1.165, 1.54) is 4.90 Å². The van der Waals surface area contributed by atoms with Crippen molar-refractivity contribution in [1.29, 1.82) is 0 Å². The highest BCUT2D eigenvalue weighted by molar-refractivity contribution is 6.01. The van der Waals surface area contributed by atoms with Crippen molar-refractivity contribution in [3.63, 3.8) is 0 Å². The van der Waals surface area contributed by atoms with E-state index in [9.17, 15) is 19.5 Å². The Balaban J connectivity index is 1.27. The van der Waals surface area contributed by atoms with Gasteiger partial charge in [-0.3, -0.25) is 14.4 Å². The average Bonchev–Trinajstić information content (AvgIpc) is 3.63. The van der Waals surface area contributed by atoms with E-state index in [-0.39, 0.29) is 43.1 Å². The van der Waals surface area contributed by atoms with Gasteiger partial charge in [0, 0.05) is 37.2 Å². The molecule has 3 atom stereocenters. The van der Waals surface area contributed by atoms with Gasteiger partial charge in [-0.05, 0) is 28.7 Å². The van der Waals surface area contributed by atoms with Crippen LogP contribution in [-0.2, 0) is 22.7 Å². The Kier molecular flexibility index (Phi) is 6.80. The number of hydrogen-bond donors (Lipinski definition) is 2. The number of aliphatic hydroxyl groups is 1. The predicted molar refractivity (Wildman–Crippen MR) is 135 cm³/mol. The molecule has 192 valence electrons. The molecule has 1 aromatic heterocycles. The number of benzene rings is 2. The maximum Gasteiger partial charge on any atom is 0.255 e. The Bertz CT molecular complexity index is 1290. The van der Waals surface area contributed by atoms with Crippen LogP contribution in [0.5, 0.6) is 0 Å². The number of hydrogen-bond acceptors (Lipinski definition) is 6. The third kappa shape index (κ3) is 4.86. The summed E-state index contributed by atoms with van der Waals surface area (Å²) in [6, 6.07) is 13.5. The molecule has 3 aromatic rings. The van der Waals surface area contributed by atoms with Crippen molar-refractivity contribution in [3.05, 3.63) is 77.7 Å². The third-order valence-corrected chi connectivity index (χ3v) is 7.12. The summed E-state index contributed by atoms with van der Waals surface area (Å²) in [4.78, 5) is 43.1. The van der Waals surface area contributed by atoms with Crippen LogP contribution in [0.1, 0.15) is 41.8 Å². The fourth-order valence-electron chi connectivity index (χ4n) is 5.23. The SMILES string of the molecule is CC(C)[C@@H](C(=O)N1C[C@H](O)C[C@H]1C(=O)NCc1ccc(-c2cnoc2)cc1)N1Cc2ccccc2C1=O. The van der Waals surface area contributed by atoms with Crippen molar-refractivity contribution in [2.24, 2.45) is 5.92 Å². The number of nitrogens with zero attached hydrogens (tertiary/aromatic N) is 3. The summed E-state index contributed by atoms with van der Waals surface area (Å²) < 4.78 is 4.88. The lowest BCUT2D eigenvalue weighted by Crippen LogP contribution is -2.55. The van der Waals surface area contributed by atoms with E-state index in [0.717, 1.165) is 22.3 Å². The van der Waals surface area contributed by atoms with Gasteiger partial charge in [-0.2, -0.15) is 0 Å². The van der Waals surface area contributed by atoms with Crippen LogP contribution in [0.3, 0.4) is 0 Å². The fourth-order valence-corrected chi connectivity index (χ4v) is 5.23. The van der Waals surface area contributed by atoms with Crippen LogP contribution >= 0.6 is 0 Å². The molecule has 1 fully saturated rings. The Morgan fingerprint density at radius 1 is 1.14 bits per heavy atom. The maximum atomic E-state index is 13.8. The number of carbonyl (C=O) groups excluding carboxylic acids is 3. The highest BCUT2D eigenvalue weighted by atomic mass is 16.5. The van der Waals surface area contributed by atoms with Crippen LogP contribution in [0.15, 0.2) is 65.5 Å². The van der Waals surface area contributed by atoms with E-state index in [4.69, 9.17) is 4.52 Å². The predicted octanol–water partition coefficient (Wildman–Crippen LogP) is 2.60.